The minimum Gasteiger partial charge on any atom is -1.00 e. The third-order valence-corrected chi connectivity index (χ3v) is 9.08. The fraction of sp³-hybridized carbons (Fsp3) is 1.00. The molecule has 2 heterocycles. The molecule has 0 amide bonds. The van der Waals surface area contributed by atoms with E-state index in [1.165, 1.54) is 0 Å². The zero-order chi connectivity index (χ0) is 11.1. The number of rotatable bonds is 0. The Bertz CT molecular complexity index is 193. The molecule has 96 valence electrons. The largest absolute Gasteiger partial charge is 1.00 e. The van der Waals surface area contributed by atoms with Crippen molar-refractivity contribution in [1.82, 2.24) is 0 Å². The molecule has 16 heavy (non-hydrogen) atoms. The van der Waals surface area contributed by atoms with Crippen molar-refractivity contribution in [3.05, 3.63) is 0 Å². The summed E-state index contributed by atoms with van der Waals surface area (Å²) in [5, 5.41) is 40.3. The van der Waals surface area contributed by atoms with Gasteiger partial charge in [0.2, 0.25) is 0 Å². The number of hydrogen-bond acceptors (Lipinski definition) is 4. The topological polar surface area (TPSA) is 80.9 Å². The molecule has 4 unspecified atom stereocenters. The van der Waals surface area contributed by atoms with Crippen LogP contribution in [0.1, 0.15) is 38.5 Å². The first-order chi connectivity index (χ1) is 7.10. The molecule has 2 fully saturated rings. The molecule has 0 saturated carbocycles. The lowest BCUT2D eigenvalue weighted by Crippen LogP contribution is -3.00. The fourth-order valence-electron chi connectivity index (χ4n) is 3.05. The smallest absolute Gasteiger partial charge is 0.172 e. The predicted octanol–water partition coefficient (Wildman–Crippen LogP) is -2.35. The number of aliphatic hydroxyl groups is 4. The Morgan fingerprint density at radius 1 is 0.625 bits per heavy atom. The second-order valence-electron chi connectivity index (χ2n) is 4.68. The minimum atomic E-state index is -2.43. The Morgan fingerprint density at radius 3 is 1.12 bits per heavy atom. The highest BCUT2D eigenvalue weighted by Crippen LogP contribution is 2.77. The van der Waals surface area contributed by atoms with Gasteiger partial charge in [0.25, 0.3) is 0 Å². The molecule has 4 atom stereocenters. The summed E-state index contributed by atoms with van der Waals surface area (Å²) in [6.07, 6.45) is 4.00. The molecule has 0 aliphatic carbocycles. The molecule has 2 aliphatic rings. The third kappa shape index (κ3) is 2.00. The van der Waals surface area contributed by atoms with Crippen LogP contribution in [0, 0.1) is 0 Å². The maximum Gasteiger partial charge on any atom is 0.172 e. The molecular formula is C10H20ClO4P. The van der Waals surface area contributed by atoms with Crippen LogP contribution in [0.25, 0.3) is 0 Å². The number of halogens is 1. The van der Waals surface area contributed by atoms with Crippen LogP contribution in [0.3, 0.4) is 0 Å². The quantitative estimate of drug-likeness (QED) is 0.372. The molecule has 2 aliphatic heterocycles. The van der Waals surface area contributed by atoms with Crippen molar-refractivity contribution in [3.63, 3.8) is 0 Å². The van der Waals surface area contributed by atoms with Crippen molar-refractivity contribution in [1.29, 1.82) is 0 Å². The van der Waals surface area contributed by atoms with Crippen molar-refractivity contribution in [2.24, 2.45) is 0 Å². The summed E-state index contributed by atoms with van der Waals surface area (Å²) in [5.41, 5.74) is 0. The van der Waals surface area contributed by atoms with E-state index < -0.39 is 30.6 Å². The van der Waals surface area contributed by atoms with Gasteiger partial charge in [-0.25, -0.2) is 0 Å². The summed E-state index contributed by atoms with van der Waals surface area (Å²) in [4.78, 5) is 0. The molecule has 2 saturated heterocycles. The lowest BCUT2D eigenvalue weighted by molar-refractivity contribution is -0.0000122. The van der Waals surface area contributed by atoms with Gasteiger partial charge in [0, 0.05) is 25.7 Å². The van der Waals surface area contributed by atoms with Crippen molar-refractivity contribution < 1.29 is 32.8 Å². The molecule has 4 N–H and O–H groups in total. The molecule has 0 aromatic carbocycles. The van der Waals surface area contributed by atoms with Crippen molar-refractivity contribution in [2.75, 3.05) is 0 Å². The van der Waals surface area contributed by atoms with E-state index in [0.717, 1.165) is 12.8 Å². The average molecular weight is 271 g/mol. The molecule has 4 nitrogen and oxygen atoms in total. The van der Waals surface area contributed by atoms with Gasteiger partial charge in [0.05, 0.1) is 0 Å². The summed E-state index contributed by atoms with van der Waals surface area (Å²) in [6.45, 7) is 0. The second kappa shape index (κ2) is 5.47. The molecule has 0 aromatic heterocycles. The van der Waals surface area contributed by atoms with Gasteiger partial charge in [-0.2, -0.15) is 0 Å². The van der Waals surface area contributed by atoms with Gasteiger partial charge < -0.3 is 32.8 Å². The Balaban J connectivity index is 0.00000128. The molecule has 0 aromatic rings. The van der Waals surface area contributed by atoms with Crippen LogP contribution in [-0.2, 0) is 0 Å². The van der Waals surface area contributed by atoms with Crippen LogP contribution in [-0.4, -0.2) is 43.8 Å². The van der Waals surface area contributed by atoms with Crippen molar-refractivity contribution >= 4 is 7.26 Å². The maximum atomic E-state index is 10.1. The predicted molar refractivity (Wildman–Crippen MR) is 58.6 cm³/mol. The summed E-state index contributed by atoms with van der Waals surface area (Å²) in [7, 11) is -2.43. The first-order valence-electron chi connectivity index (χ1n) is 5.70. The van der Waals surface area contributed by atoms with Crippen LogP contribution in [0.2, 0.25) is 0 Å². The summed E-state index contributed by atoms with van der Waals surface area (Å²) in [5.74, 6) is -2.70. The zero-order valence-electron chi connectivity index (χ0n) is 9.17. The van der Waals surface area contributed by atoms with E-state index in [1.807, 2.05) is 0 Å². The first-order valence-corrected chi connectivity index (χ1v) is 7.76. The highest BCUT2D eigenvalue weighted by molar-refractivity contribution is 7.77. The van der Waals surface area contributed by atoms with E-state index in [4.69, 9.17) is 0 Å². The number of hydrogen-bond donors (Lipinski definition) is 4. The van der Waals surface area contributed by atoms with E-state index in [1.54, 1.807) is 0 Å². The Hall–Kier alpha value is 0.560. The maximum absolute atomic E-state index is 10.1. The average Bonchev–Trinajstić information content (AvgIpc) is 2.17. The molecule has 0 radical (unpaired) electrons. The molecule has 1 spiro atoms. The van der Waals surface area contributed by atoms with Crippen LogP contribution in [0.5, 0.6) is 0 Å². The first kappa shape index (κ1) is 14.6. The van der Waals surface area contributed by atoms with E-state index in [0.29, 0.717) is 25.7 Å². The third-order valence-electron chi connectivity index (χ3n) is 3.91. The SMILES string of the molecule is OC1CCCC(O)[P+]12C(O)CCCC2O.[Cl-]. The van der Waals surface area contributed by atoms with Crippen LogP contribution in [0.15, 0.2) is 0 Å². The Kier molecular flexibility index (Phi) is 5.00. The van der Waals surface area contributed by atoms with Crippen LogP contribution < -0.4 is 12.4 Å². The Labute approximate surface area is 102 Å². The van der Waals surface area contributed by atoms with Gasteiger partial charge >= 0.3 is 0 Å². The second-order valence-corrected chi connectivity index (χ2v) is 8.85. The van der Waals surface area contributed by atoms with E-state index in [-0.39, 0.29) is 12.4 Å². The summed E-state index contributed by atoms with van der Waals surface area (Å²) < 4.78 is 0. The van der Waals surface area contributed by atoms with Gasteiger partial charge in [-0.15, -0.1) is 0 Å². The normalized spacial score (nSPS) is 48.8. The monoisotopic (exact) mass is 270 g/mol. The van der Waals surface area contributed by atoms with Gasteiger partial charge in [0.15, 0.2) is 23.4 Å². The van der Waals surface area contributed by atoms with E-state index in [9.17, 15) is 20.4 Å². The summed E-state index contributed by atoms with van der Waals surface area (Å²) in [6, 6.07) is 0. The highest BCUT2D eigenvalue weighted by atomic mass is 35.5. The molecule has 0 bridgehead atoms. The van der Waals surface area contributed by atoms with E-state index in [2.05, 4.69) is 0 Å². The minimum absolute atomic E-state index is 0. The van der Waals surface area contributed by atoms with Gasteiger partial charge in [0.1, 0.15) is 7.26 Å². The van der Waals surface area contributed by atoms with Crippen molar-refractivity contribution in [3.8, 4) is 0 Å². The van der Waals surface area contributed by atoms with E-state index >= 15 is 0 Å². The van der Waals surface area contributed by atoms with Crippen LogP contribution >= 0.6 is 7.26 Å². The van der Waals surface area contributed by atoms with Gasteiger partial charge in [-0.1, -0.05) is 0 Å². The van der Waals surface area contributed by atoms with Crippen LogP contribution in [0.4, 0.5) is 0 Å². The Morgan fingerprint density at radius 2 is 0.875 bits per heavy atom. The van der Waals surface area contributed by atoms with Gasteiger partial charge in [-0.05, 0) is 12.8 Å². The lowest BCUT2D eigenvalue weighted by Gasteiger charge is -2.46. The molecule has 2 rings (SSSR count). The fourth-order valence-corrected chi connectivity index (χ4v) is 7.95. The lowest BCUT2D eigenvalue weighted by atomic mass is 10.2. The number of aliphatic hydroxyl groups excluding tert-OH is 4. The highest BCUT2D eigenvalue weighted by Gasteiger charge is 2.64. The zero-order valence-corrected chi connectivity index (χ0v) is 10.8. The molecule has 6 heteroatoms. The standard InChI is InChI=1S/C10H20O4P.ClH/c11-7-3-1-4-8(12)15(7)9(13)5-2-6-10(15)14;/h7-14H,1-6H2;1H/q+1;/p-1. The van der Waals surface area contributed by atoms with Gasteiger partial charge in [-0.3, -0.25) is 0 Å². The molecular weight excluding hydrogens is 251 g/mol. The summed E-state index contributed by atoms with van der Waals surface area (Å²) >= 11 is 0. The van der Waals surface area contributed by atoms with Crippen molar-refractivity contribution in [2.45, 2.75) is 61.9 Å².